The van der Waals surface area contributed by atoms with E-state index in [0.717, 1.165) is 11.3 Å². The van der Waals surface area contributed by atoms with Crippen LogP contribution in [0.1, 0.15) is 23.7 Å². The first-order valence-corrected chi connectivity index (χ1v) is 8.36. The maximum atomic E-state index is 12.4. The van der Waals surface area contributed by atoms with Crippen LogP contribution in [-0.4, -0.2) is 19.5 Å². The van der Waals surface area contributed by atoms with E-state index in [4.69, 9.17) is 0 Å². The van der Waals surface area contributed by atoms with Gasteiger partial charge >= 0.3 is 0 Å². The van der Waals surface area contributed by atoms with Gasteiger partial charge in [-0.1, -0.05) is 43.3 Å². The monoisotopic (exact) mass is 294 g/mol. The lowest BCUT2D eigenvalue weighted by molar-refractivity contribution is 0.0985. The van der Waals surface area contributed by atoms with E-state index in [0.29, 0.717) is 5.56 Å². The van der Waals surface area contributed by atoms with Gasteiger partial charge in [0.25, 0.3) is 0 Å². The highest BCUT2D eigenvalue weighted by atomic mass is 32.2. The number of sulfone groups is 1. The molecule has 1 heterocycles. The Morgan fingerprint density at radius 1 is 1.16 bits per heavy atom. The third kappa shape index (κ3) is 2.77. The van der Waals surface area contributed by atoms with Gasteiger partial charge in [-0.25, -0.2) is 8.42 Å². The minimum Gasteiger partial charge on any atom is -0.293 e. The van der Waals surface area contributed by atoms with Crippen LogP contribution in [0.25, 0.3) is 0 Å². The Morgan fingerprint density at radius 3 is 2.37 bits per heavy atom. The predicted octanol–water partition coefficient (Wildman–Crippen LogP) is 3.18. The summed E-state index contributed by atoms with van der Waals surface area (Å²) in [6.45, 7) is 1.72. The van der Waals surface area contributed by atoms with Crippen LogP contribution in [0, 0.1) is 0 Å². The Hall–Kier alpha value is -1.46. The third-order valence-electron chi connectivity index (χ3n) is 2.87. The summed E-state index contributed by atoms with van der Waals surface area (Å²) in [5, 5.41) is 0.695. The smallest absolute Gasteiger partial charge is 0.198 e. The van der Waals surface area contributed by atoms with Crippen molar-refractivity contribution in [2.45, 2.75) is 22.8 Å². The molecule has 2 rings (SSSR count). The Morgan fingerprint density at radius 2 is 1.84 bits per heavy atom. The molecule has 0 aliphatic carbocycles. The molecular weight excluding hydrogens is 280 g/mol. The summed E-state index contributed by atoms with van der Waals surface area (Å²) in [7, 11) is -3.59. The van der Waals surface area contributed by atoms with Crippen molar-refractivity contribution in [1.29, 1.82) is 0 Å². The summed E-state index contributed by atoms with van der Waals surface area (Å²) >= 11 is 1.15. The Bertz CT molecular complexity index is 643. The first-order valence-electron chi connectivity index (χ1n) is 5.94. The lowest BCUT2D eigenvalue weighted by Gasteiger charge is -2.13. The lowest BCUT2D eigenvalue weighted by atomic mass is 10.1. The molecule has 1 unspecified atom stereocenters. The predicted molar refractivity (Wildman–Crippen MR) is 76.4 cm³/mol. The van der Waals surface area contributed by atoms with Crippen LogP contribution in [0.4, 0.5) is 0 Å². The quantitative estimate of drug-likeness (QED) is 0.796. The molecule has 0 radical (unpaired) electrons. The number of ketones is 1. The van der Waals surface area contributed by atoms with Gasteiger partial charge in [0, 0.05) is 5.56 Å². The number of hydrogen-bond donors (Lipinski definition) is 0. The minimum atomic E-state index is -3.59. The summed E-state index contributed by atoms with van der Waals surface area (Å²) in [5.74, 6) is -0.337. The molecule has 0 saturated heterocycles. The largest absolute Gasteiger partial charge is 0.293 e. The van der Waals surface area contributed by atoms with Gasteiger partial charge < -0.3 is 0 Å². The summed E-state index contributed by atoms with van der Waals surface area (Å²) in [6.07, 6.45) is 0.272. The molecule has 100 valence electrons. The van der Waals surface area contributed by atoms with E-state index in [-0.39, 0.29) is 16.4 Å². The molecule has 0 saturated carbocycles. The summed E-state index contributed by atoms with van der Waals surface area (Å²) in [4.78, 5) is 12.3. The molecule has 1 aromatic heterocycles. The van der Waals surface area contributed by atoms with Crippen molar-refractivity contribution in [3.8, 4) is 0 Å². The first-order chi connectivity index (χ1) is 9.07. The van der Waals surface area contributed by atoms with E-state index in [2.05, 4.69) is 0 Å². The van der Waals surface area contributed by atoms with Crippen LogP contribution in [0.5, 0.6) is 0 Å². The van der Waals surface area contributed by atoms with Crippen LogP contribution >= 0.6 is 11.3 Å². The standard InChI is InChI=1S/C14H14O3S2/c1-2-12(14(15)11-7-4-3-5-8-11)19(16,17)13-9-6-10-18-13/h3-10,12H,2H2,1H3. The fraction of sp³-hybridized carbons (Fsp3) is 0.214. The number of Topliss-reactive ketones (excluding diaryl/α,β-unsaturated/α-hetero) is 1. The van der Waals surface area contributed by atoms with Gasteiger partial charge in [-0.2, -0.15) is 0 Å². The fourth-order valence-electron chi connectivity index (χ4n) is 1.90. The van der Waals surface area contributed by atoms with Crippen molar-refractivity contribution in [2.75, 3.05) is 0 Å². The molecule has 0 N–H and O–H groups in total. The van der Waals surface area contributed by atoms with E-state index < -0.39 is 15.1 Å². The molecular formula is C14H14O3S2. The maximum Gasteiger partial charge on any atom is 0.198 e. The van der Waals surface area contributed by atoms with Crippen molar-refractivity contribution in [2.24, 2.45) is 0 Å². The Labute approximate surface area is 116 Å². The van der Waals surface area contributed by atoms with Crippen molar-refractivity contribution in [1.82, 2.24) is 0 Å². The fourth-order valence-corrected chi connectivity index (χ4v) is 4.81. The molecule has 0 spiro atoms. The van der Waals surface area contributed by atoms with Crippen LogP contribution in [0.3, 0.4) is 0 Å². The SMILES string of the molecule is CCC(C(=O)c1ccccc1)S(=O)(=O)c1cccs1. The van der Waals surface area contributed by atoms with Gasteiger partial charge in [0.15, 0.2) is 15.6 Å². The summed E-state index contributed by atoms with van der Waals surface area (Å²) in [5.41, 5.74) is 0.439. The highest BCUT2D eigenvalue weighted by Crippen LogP contribution is 2.25. The molecule has 0 amide bonds. The molecule has 1 atom stereocenters. The van der Waals surface area contributed by atoms with Crippen molar-refractivity contribution in [3.63, 3.8) is 0 Å². The summed E-state index contributed by atoms with van der Waals surface area (Å²) < 4.78 is 25.1. The van der Waals surface area contributed by atoms with E-state index in [1.165, 1.54) is 0 Å². The molecule has 1 aromatic carbocycles. The van der Waals surface area contributed by atoms with Crippen LogP contribution < -0.4 is 0 Å². The van der Waals surface area contributed by atoms with Gasteiger partial charge in [0.2, 0.25) is 0 Å². The summed E-state index contributed by atoms with van der Waals surface area (Å²) in [6, 6.07) is 11.8. The Kier molecular flexibility index (Phi) is 4.17. The number of benzene rings is 1. The number of carbonyl (C=O) groups is 1. The van der Waals surface area contributed by atoms with E-state index in [9.17, 15) is 13.2 Å². The molecule has 0 aliphatic heterocycles. The molecule has 19 heavy (non-hydrogen) atoms. The van der Waals surface area contributed by atoms with Gasteiger partial charge in [0.05, 0.1) is 0 Å². The molecule has 0 fully saturated rings. The van der Waals surface area contributed by atoms with E-state index >= 15 is 0 Å². The van der Waals surface area contributed by atoms with Crippen LogP contribution in [-0.2, 0) is 9.84 Å². The number of rotatable bonds is 5. The lowest BCUT2D eigenvalue weighted by Crippen LogP contribution is -2.29. The zero-order chi connectivity index (χ0) is 13.9. The minimum absolute atomic E-state index is 0.253. The van der Waals surface area contributed by atoms with Crippen molar-refractivity contribution < 1.29 is 13.2 Å². The van der Waals surface area contributed by atoms with Gasteiger partial charge in [0.1, 0.15) is 9.46 Å². The topological polar surface area (TPSA) is 51.2 Å². The van der Waals surface area contributed by atoms with E-state index in [1.807, 2.05) is 0 Å². The van der Waals surface area contributed by atoms with Gasteiger partial charge in [-0.15, -0.1) is 11.3 Å². The number of hydrogen-bond acceptors (Lipinski definition) is 4. The molecule has 2 aromatic rings. The van der Waals surface area contributed by atoms with Crippen molar-refractivity contribution in [3.05, 3.63) is 53.4 Å². The normalized spacial score (nSPS) is 13.1. The van der Waals surface area contributed by atoms with Crippen molar-refractivity contribution >= 4 is 27.0 Å². The second-order valence-electron chi connectivity index (χ2n) is 4.10. The average molecular weight is 294 g/mol. The number of thiophene rings is 1. The molecule has 0 bridgehead atoms. The highest BCUT2D eigenvalue weighted by molar-refractivity contribution is 7.94. The third-order valence-corrected chi connectivity index (χ3v) is 6.51. The zero-order valence-corrected chi connectivity index (χ0v) is 12.1. The second-order valence-corrected chi connectivity index (χ2v) is 7.41. The first kappa shape index (κ1) is 14.0. The van der Waals surface area contributed by atoms with Crippen LogP contribution in [0.2, 0.25) is 0 Å². The van der Waals surface area contributed by atoms with Crippen LogP contribution in [0.15, 0.2) is 52.1 Å². The molecule has 3 nitrogen and oxygen atoms in total. The maximum absolute atomic E-state index is 12.4. The average Bonchev–Trinajstić information content (AvgIpc) is 2.95. The van der Waals surface area contributed by atoms with E-state index in [1.54, 1.807) is 54.8 Å². The van der Waals surface area contributed by atoms with Gasteiger partial charge in [-0.05, 0) is 17.9 Å². The molecule has 5 heteroatoms. The number of carbonyl (C=O) groups excluding carboxylic acids is 1. The zero-order valence-electron chi connectivity index (χ0n) is 10.4. The van der Waals surface area contributed by atoms with Gasteiger partial charge in [-0.3, -0.25) is 4.79 Å². The highest BCUT2D eigenvalue weighted by Gasteiger charge is 2.33. The molecule has 0 aliphatic rings. The second kappa shape index (κ2) is 5.67. The Balaban J connectivity index is 2.39.